The Kier molecular flexibility index (Phi) is 1.82. The monoisotopic (exact) mass is 221 g/mol. The highest BCUT2D eigenvalue weighted by molar-refractivity contribution is 7.09. The standard InChI is InChI=1S/C10H11N3OS/c1-5-4-6(5)7-2-3-8(14-7)9-12-10(11)15-13-9/h2-3,5-6H,4H2,1H3,(H2,11,12,13). The van der Waals surface area contributed by atoms with Gasteiger partial charge < -0.3 is 10.2 Å². The maximum Gasteiger partial charge on any atom is 0.210 e. The summed E-state index contributed by atoms with van der Waals surface area (Å²) in [6.07, 6.45) is 1.22. The van der Waals surface area contributed by atoms with Crippen molar-refractivity contribution in [1.82, 2.24) is 9.36 Å². The smallest absolute Gasteiger partial charge is 0.210 e. The molecule has 1 fully saturated rings. The molecule has 78 valence electrons. The maximum absolute atomic E-state index is 5.70. The second kappa shape index (κ2) is 3.06. The Hall–Kier alpha value is -1.36. The van der Waals surface area contributed by atoms with Crippen LogP contribution < -0.4 is 5.73 Å². The summed E-state index contributed by atoms with van der Waals surface area (Å²) in [6.45, 7) is 2.23. The molecule has 2 aromatic rings. The number of nitrogen functional groups attached to an aromatic ring is 1. The molecular formula is C10H11N3OS. The minimum atomic E-state index is 0.475. The van der Waals surface area contributed by atoms with Crippen LogP contribution in [-0.4, -0.2) is 9.36 Å². The quantitative estimate of drug-likeness (QED) is 0.846. The molecule has 2 unspecified atom stereocenters. The van der Waals surface area contributed by atoms with E-state index in [1.54, 1.807) is 0 Å². The van der Waals surface area contributed by atoms with Crippen LogP contribution >= 0.6 is 11.5 Å². The summed E-state index contributed by atoms with van der Waals surface area (Å²) < 4.78 is 9.81. The molecule has 0 saturated heterocycles. The summed E-state index contributed by atoms with van der Waals surface area (Å²) in [5.41, 5.74) is 5.52. The summed E-state index contributed by atoms with van der Waals surface area (Å²) in [6, 6.07) is 3.93. The molecule has 2 aromatic heterocycles. The normalized spacial score (nSPS) is 24.3. The van der Waals surface area contributed by atoms with E-state index in [9.17, 15) is 0 Å². The van der Waals surface area contributed by atoms with Crippen LogP contribution in [0.25, 0.3) is 11.6 Å². The second-order valence-corrected chi connectivity index (χ2v) is 4.76. The molecule has 2 N–H and O–H groups in total. The minimum Gasteiger partial charge on any atom is -0.457 e. The van der Waals surface area contributed by atoms with Gasteiger partial charge in [0.05, 0.1) is 0 Å². The first-order chi connectivity index (χ1) is 7.24. The predicted molar refractivity (Wildman–Crippen MR) is 58.5 cm³/mol. The maximum atomic E-state index is 5.70. The van der Waals surface area contributed by atoms with Crippen molar-refractivity contribution < 1.29 is 4.42 Å². The van der Waals surface area contributed by atoms with Gasteiger partial charge >= 0.3 is 0 Å². The molecule has 2 heterocycles. The van der Waals surface area contributed by atoms with Crippen LogP contribution in [0.4, 0.5) is 5.13 Å². The Morgan fingerprint density at radius 2 is 2.33 bits per heavy atom. The lowest BCUT2D eigenvalue weighted by molar-refractivity contribution is 0.516. The number of furan rings is 1. The average Bonchev–Trinajstić information content (AvgIpc) is 2.71. The SMILES string of the molecule is CC1CC1c1ccc(-c2nsc(N)n2)o1. The van der Waals surface area contributed by atoms with Gasteiger partial charge in [0.1, 0.15) is 5.76 Å². The van der Waals surface area contributed by atoms with Crippen LogP contribution in [0.3, 0.4) is 0 Å². The second-order valence-electron chi connectivity index (χ2n) is 3.98. The molecule has 0 radical (unpaired) electrons. The molecule has 0 aliphatic heterocycles. The van der Waals surface area contributed by atoms with Crippen LogP contribution in [0.2, 0.25) is 0 Å². The van der Waals surface area contributed by atoms with Crippen molar-refractivity contribution in [2.45, 2.75) is 19.3 Å². The zero-order valence-corrected chi connectivity index (χ0v) is 9.12. The van der Waals surface area contributed by atoms with Gasteiger partial charge in [0, 0.05) is 17.5 Å². The topological polar surface area (TPSA) is 64.9 Å². The molecule has 4 nitrogen and oxygen atoms in total. The summed E-state index contributed by atoms with van der Waals surface area (Å²) in [5.74, 6) is 3.70. The van der Waals surface area contributed by atoms with E-state index in [1.165, 1.54) is 18.0 Å². The van der Waals surface area contributed by atoms with Gasteiger partial charge in [-0.1, -0.05) is 6.92 Å². The van der Waals surface area contributed by atoms with E-state index >= 15 is 0 Å². The fourth-order valence-corrected chi connectivity index (χ4v) is 2.16. The first-order valence-electron chi connectivity index (χ1n) is 4.93. The Morgan fingerprint density at radius 1 is 1.53 bits per heavy atom. The summed E-state index contributed by atoms with van der Waals surface area (Å²) >= 11 is 1.19. The van der Waals surface area contributed by atoms with Crippen LogP contribution in [0, 0.1) is 5.92 Å². The zero-order chi connectivity index (χ0) is 10.4. The molecule has 3 rings (SSSR count). The van der Waals surface area contributed by atoms with Gasteiger partial charge in [-0.3, -0.25) is 0 Å². The molecule has 1 saturated carbocycles. The fraction of sp³-hybridized carbons (Fsp3) is 0.400. The number of aromatic nitrogens is 2. The summed E-state index contributed by atoms with van der Waals surface area (Å²) in [5, 5.41) is 0.475. The van der Waals surface area contributed by atoms with E-state index in [2.05, 4.69) is 16.3 Å². The van der Waals surface area contributed by atoms with Crippen molar-refractivity contribution in [2.24, 2.45) is 5.92 Å². The van der Waals surface area contributed by atoms with Gasteiger partial charge in [-0.2, -0.15) is 9.36 Å². The van der Waals surface area contributed by atoms with E-state index in [-0.39, 0.29) is 0 Å². The van der Waals surface area contributed by atoms with Crippen molar-refractivity contribution in [3.63, 3.8) is 0 Å². The minimum absolute atomic E-state index is 0.475. The number of nitrogens with zero attached hydrogens (tertiary/aromatic N) is 2. The van der Waals surface area contributed by atoms with Crippen LogP contribution in [0.1, 0.15) is 25.0 Å². The lowest BCUT2D eigenvalue weighted by Crippen LogP contribution is -1.82. The molecule has 15 heavy (non-hydrogen) atoms. The van der Waals surface area contributed by atoms with Crippen molar-refractivity contribution in [3.8, 4) is 11.6 Å². The molecular weight excluding hydrogens is 210 g/mol. The molecule has 2 atom stereocenters. The van der Waals surface area contributed by atoms with Crippen molar-refractivity contribution in [3.05, 3.63) is 17.9 Å². The number of hydrogen-bond acceptors (Lipinski definition) is 5. The van der Waals surface area contributed by atoms with Crippen molar-refractivity contribution >= 4 is 16.7 Å². The van der Waals surface area contributed by atoms with Crippen LogP contribution in [-0.2, 0) is 0 Å². The van der Waals surface area contributed by atoms with Gasteiger partial charge in [-0.15, -0.1) is 0 Å². The van der Waals surface area contributed by atoms with E-state index in [1.807, 2.05) is 12.1 Å². The predicted octanol–water partition coefficient (Wildman–Crippen LogP) is 2.50. The highest BCUT2D eigenvalue weighted by Crippen LogP contribution is 2.47. The highest BCUT2D eigenvalue weighted by atomic mass is 32.1. The molecule has 0 amide bonds. The first kappa shape index (κ1) is 8.91. The Labute approximate surface area is 91.3 Å². The summed E-state index contributed by atoms with van der Waals surface area (Å²) in [7, 11) is 0. The van der Waals surface area contributed by atoms with E-state index in [4.69, 9.17) is 10.2 Å². The third kappa shape index (κ3) is 1.52. The van der Waals surface area contributed by atoms with E-state index in [0.717, 1.165) is 17.4 Å². The van der Waals surface area contributed by atoms with Crippen LogP contribution in [0.15, 0.2) is 16.5 Å². The van der Waals surface area contributed by atoms with Crippen molar-refractivity contribution in [1.29, 1.82) is 0 Å². The van der Waals surface area contributed by atoms with Crippen LogP contribution in [0.5, 0.6) is 0 Å². The van der Waals surface area contributed by atoms with E-state index in [0.29, 0.717) is 16.9 Å². The third-order valence-corrected chi connectivity index (χ3v) is 3.31. The number of anilines is 1. The Bertz CT molecular complexity index is 490. The molecule has 0 bridgehead atoms. The third-order valence-electron chi connectivity index (χ3n) is 2.76. The fourth-order valence-electron chi connectivity index (χ4n) is 1.73. The van der Waals surface area contributed by atoms with Gasteiger partial charge in [0.15, 0.2) is 10.9 Å². The first-order valence-corrected chi connectivity index (χ1v) is 5.70. The number of hydrogen-bond donors (Lipinski definition) is 1. The largest absolute Gasteiger partial charge is 0.457 e. The van der Waals surface area contributed by atoms with Gasteiger partial charge in [0.25, 0.3) is 0 Å². The molecule has 0 aromatic carbocycles. The van der Waals surface area contributed by atoms with Gasteiger partial charge in [-0.25, -0.2) is 0 Å². The number of nitrogens with two attached hydrogens (primary N) is 1. The molecule has 1 aliphatic carbocycles. The lowest BCUT2D eigenvalue weighted by Gasteiger charge is -1.90. The Balaban J connectivity index is 1.90. The van der Waals surface area contributed by atoms with Crippen molar-refractivity contribution in [2.75, 3.05) is 5.73 Å². The molecule has 0 spiro atoms. The zero-order valence-electron chi connectivity index (χ0n) is 8.30. The Morgan fingerprint density at radius 3 is 2.93 bits per heavy atom. The average molecular weight is 221 g/mol. The lowest BCUT2D eigenvalue weighted by atomic mass is 10.3. The van der Waals surface area contributed by atoms with Gasteiger partial charge in [-0.05, 0) is 24.5 Å². The van der Waals surface area contributed by atoms with E-state index < -0.39 is 0 Å². The van der Waals surface area contributed by atoms with Gasteiger partial charge in [0.2, 0.25) is 5.82 Å². The highest BCUT2D eigenvalue weighted by Gasteiger charge is 2.36. The number of rotatable bonds is 2. The molecule has 5 heteroatoms. The summed E-state index contributed by atoms with van der Waals surface area (Å²) in [4.78, 5) is 4.08. The molecule has 1 aliphatic rings.